The van der Waals surface area contributed by atoms with Gasteiger partial charge in [0.2, 0.25) is 0 Å². The van der Waals surface area contributed by atoms with E-state index in [1.165, 1.54) is 25.1 Å². The summed E-state index contributed by atoms with van der Waals surface area (Å²) >= 11 is 9.72. The first-order valence-corrected chi connectivity index (χ1v) is 7.87. The minimum absolute atomic E-state index is 0.592. The number of likely N-dealkylation sites (tertiary alicyclic amines) is 1. The van der Waals surface area contributed by atoms with Crippen LogP contribution in [0.4, 0.5) is 5.69 Å². The van der Waals surface area contributed by atoms with Crippen LogP contribution >= 0.6 is 27.5 Å². The highest BCUT2D eigenvalue weighted by Crippen LogP contribution is 2.27. The summed E-state index contributed by atoms with van der Waals surface area (Å²) in [6, 6.07) is 6.94. The number of benzene rings is 1. The second kappa shape index (κ2) is 6.27. The van der Waals surface area contributed by atoms with Crippen LogP contribution < -0.4 is 4.90 Å². The molecule has 1 fully saturated rings. The molecule has 0 N–H and O–H groups in total. The number of hydrogen-bond donors (Lipinski definition) is 0. The molecule has 0 radical (unpaired) electrons. The lowest BCUT2D eigenvalue weighted by molar-refractivity contribution is 0.248. The summed E-state index contributed by atoms with van der Waals surface area (Å²) in [6.07, 6.45) is 2.54. The highest BCUT2D eigenvalue weighted by atomic mass is 79.9. The zero-order valence-corrected chi connectivity index (χ0v) is 13.3. The molecule has 1 aliphatic rings. The Hall–Kier alpha value is -0.250. The average molecular weight is 332 g/mol. The molecule has 0 saturated carbocycles. The Kier molecular flexibility index (Phi) is 4.93. The fraction of sp³-hybridized carbons (Fsp3) is 0.571. The van der Waals surface area contributed by atoms with Crippen molar-refractivity contribution in [1.82, 2.24) is 4.90 Å². The van der Waals surface area contributed by atoms with Crippen molar-refractivity contribution >= 4 is 33.2 Å². The second-order valence-corrected chi connectivity index (χ2v) is 6.05. The van der Waals surface area contributed by atoms with E-state index >= 15 is 0 Å². The lowest BCUT2D eigenvalue weighted by Crippen LogP contribution is -2.45. The second-order valence-electron chi connectivity index (χ2n) is 5.08. The summed E-state index contributed by atoms with van der Waals surface area (Å²) in [5.74, 6) is 0. The molecule has 0 bridgehead atoms. The first-order valence-electron chi connectivity index (χ1n) is 6.37. The minimum atomic E-state index is 0.592. The van der Waals surface area contributed by atoms with Crippen LogP contribution in [-0.2, 0) is 5.33 Å². The molecule has 1 aromatic carbocycles. The summed E-state index contributed by atoms with van der Waals surface area (Å²) in [5.41, 5.74) is 2.36. The number of likely N-dealkylation sites (N-methyl/N-ethyl adjacent to an activating group) is 2. The van der Waals surface area contributed by atoms with Crippen LogP contribution in [0.15, 0.2) is 18.2 Å². The quantitative estimate of drug-likeness (QED) is 0.778. The molecular weight excluding hydrogens is 312 g/mol. The molecule has 1 aromatic rings. The third kappa shape index (κ3) is 3.19. The van der Waals surface area contributed by atoms with Gasteiger partial charge >= 0.3 is 0 Å². The normalized spacial score (nSPS) is 21.0. The first-order chi connectivity index (χ1) is 8.61. The van der Waals surface area contributed by atoms with Crippen molar-refractivity contribution in [2.75, 3.05) is 32.1 Å². The maximum Gasteiger partial charge on any atom is 0.0467 e. The number of piperidine rings is 1. The van der Waals surface area contributed by atoms with Gasteiger partial charge in [-0.3, -0.25) is 0 Å². The molecular formula is C14H20BrClN2. The van der Waals surface area contributed by atoms with Gasteiger partial charge < -0.3 is 9.80 Å². The largest absolute Gasteiger partial charge is 0.370 e. The van der Waals surface area contributed by atoms with Gasteiger partial charge in [0, 0.05) is 35.7 Å². The van der Waals surface area contributed by atoms with Crippen LogP contribution in [0.5, 0.6) is 0 Å². The topological polar surface area (TPSA) is 6.48 Å². The molecule has 0 aliphatic carbocycles. The number of anilines is 1. The van der Waals surface area contributed by atoms with E-state index in [1.807, 2.05) is 0 Å². The summed E-state index contributed by atoms with van der Waals surface area (Å²) in [5, 5.41) is 1.66. The summed E-state index contributed by atoms with van der Waals surface area (Å²) in [7, 11) is 4.37. The highest BCUT2D eigenvalue weighted by molar-refractivity contribution is 9.08. The number of nitrogens with zero attached hydrogens (tertiary/aromatic N) is 2. The zero-order chi connectivity index (χ0) is 13.1. The fourth-order valence-electron chi connectivity index (χ4n) is 2.53. The Morgan fingerprint density at radius 3 is 2.89 bits per heavy atom. The molecule has 0 amide bonds. The maximum atomic E-state index is 6.27. The van der Waals surface area contributed by atoms with Crippen molar-refractivity contribution in [1.29, 1.82) is 0 Å². The molecule has 100 valence electrons. The molecule has 0 aromatic heterocycles. The van der Waals surface area contributed by atoms with Gasteiger partial charge in [0.15, 0.2) is 0 Å². The molecule has 0 spiro atoms. The summed E-state index contributed by atoms with van der Waals surface area (Å²) in [6.45, 7) is 2.35. The molecule has 1 saturated heterocycles. The molecule has 2 rings (SSSR count). The van der Waals surface area contributed by atoms with Crippen molar-refractivity contribution in [2.45, 2.75) is 24.2 Å². The average Bonchev–Trinajstić information content (AvgIpc) is 2.37. The smallest absolute Gasteiger partial charge is 0.0467 e. The van der Waals surface area contributed by atoms with Gasteiger partial charge in [-0.2, -0.15) is 0 Å². The fourth-order valence-corrected chi connectivity index (χ4v) is 3.42. The van der Waals surface area contributed by atoms with Crippen LogP contribution in [0.3, 0.4) is 0 Å². The number of halogens is 2. The Morgan fingerprint density at radius 1 is 1.50 bits per heavy atom. The lowest BCUT2D eigenvalue weighted by Gasteiger charge is -2.37. The van der Waals surface area contributed by atoms with Crippen molar-refractivity contribution in [2.24, 2.45) is 0 Å². The molecule has 1 heterocycles. The standard InChI is InChI=1S/C14H20BrClN2/c1-17-7-3-4-13(10-17)18(2)12-6-5-11(9-15)14(16)8-12/h5-6,8,13H,3-4,7,9-10H2,1-2H3. The van der Waals surface area contributed by atoms with Crippen molar-refractivity contribution in [3.05, 3.63) is 28.8 Å². The van der Waals surface area contributed by atoms with Crippen LogP contribution in [0.1, 0.15) is 18.4 Å². The van der Waals surface area contributed by atoms with Gasteiger partial charge in [0.05, 0.1) is 0 Å². The SMILES string of the molecule is CN1CCCC(N(C)c2ccc(CBr)c(Cl)c2)C1. The van der Waals surface area contributed by atoms with Gasteiger partial charge in [-0.15, -0.1) is 0 Å². The van der Waals surface area contributed by atoms with E-state index in [0.29, 0.717) is 6.04 Å². The predicted octanol–water partition coefficient (Wildman–Crippen LogP) is 3.77. The number of alkyl halides is 1. The number of hydrogen-bond acceptors (Lipinski definition) is 2. The zero-order valence-electron chi connectivity index (χ0n) is 11.0. The molecule has 1 atom stereocenters. The van der Waals surface area contributed by atoms with Crippen molar-refractivity contribution in [3.63, 3.8) is 0 Å². The number of rotatable bonds is 3. The van der Waals surface area contributed by atoms with E-state index in [9.17, 15) is 0 Å². The van der Waals surface area contributed by atoms with Crippen molar-refractivity contribution in [3.8, 4) is 0 Å². The third-order valence-corrected chi connectivity index (χ3v) is 4.69. The van der Waals surface area contributed by atoms with Crippen LogP contribution in [0.25, 0.3) is 0 Å². The van der Waals surface area contributed by atoms with Crippen LogP contribution in [-0.4, -0.2) is 38.1 Å². The Bertz CT molecular complexity index is 411. The van der Waals surface area contributed by atoms with Gasteiger partial charge in [-0.05, 0) is 44.1 Å². The highest BCUT2D eigenvalue weighted by Gasteiger charge is 2.21. The predicted molar refractivity (Wildman–Crippen MR) is 83.0 cm³/mol. The Labute approximate surface area is 123 Å². The van der Waals surface area contributed by atoms with E-state index in [1.54, 1.807) is 0 Å². The third-order valence-electron chi connectivity index (χ3n) is 3.74. The molecule has 2 nitrogen and oxygen atoms in total. The van der Waals surface area contributed by atoms with E-state index in [4.69, 9.17) is 11.6 Å². The van der Waals surface area contributed by atoms with Gasteiger partial charge in [0.1, 0.15) is 0 Å². The maximum absolute atomic E-state index is 6.27. The first kappa shape index (κ1) is 14.2. The van der Waals surface area contributed by atoms with Crippen LogP contribution in [0.2, 0.25) is 5.02 Å². The van der Waals surface area contributed by atoms with Crippen molar-refractivity contribution < 1.29 is 0 Å². The van der Waals surface area contributed by atoms with E-state index in [0.717, 1.165) is 22.5 Å². The van der Waals surface area contributed by atoms with E-state index < -0.39 is 0 Å². The summed E-state index contributed by atoms with van der Waals surface area (Å²) in [4.78, 5) is 4.76. The molecule has 18 heavy (non-hydrogen) atoms. The van der Waals surface area contributed by atoms with Gasteiger partial charge in [-0.25, -0.2) is 0 Å². The minimum Gasteiger partial charge on any atom is -0.370 e. The monoisotopic (exact) mass is 330 g/mol. The van der Waals surface area contributed by atoms with Crippen LogP contribution in [0, 0.1) is 0 Å². The molecule has 1 unspecified atom stereocenters. The van der Waals surface area contributed by atoms with Gasteiger partial charge in [-0.1, -0.05) is 33.6 Å². The van der Waals surface area contributed by atoms with E-state index in [-0.39, 0.29) is 0 Å². The Morgan fingerprint density at radius 2 is 2.28 bits per heavy atom. The molecule has 4 heteroatoms. The summed E-state index contributed by atoms with van der Waals surface area (Å²) < 4.78 is 0. The Balaban J connectivity index is 2.12. The lowest BCUT2D eigenvalue weighted by atomic mass is 10.0. The van der Waals surface area contributed by atoms with E-state index in [2.05, 4.69) is 58.0 Å². The van der Waals surface area contributed by atoms with Gasteiger partial charge in [0.25, 0.3) is 0 Å². The molecule has 1 aliphatic heterocycles.